The van der Waals surface area contributed by atoms with E-state index < -0.39 is 0 Å². The van der Waals surface area contributed by atoms with Gasteiger partial charge in [0.15, 0.2) is 5.01 Å². The summed E-state index contributed by atoms with van der Waals surface area (Å²) in [5, 5.41) is 17.9. The molecule has 2 heterocycles. The van der Waals surface area contributed by atoms with E-state index in [-0.39, 0.29) is 0 Å². The monoisotopic (exact) mass is 283 g/mol. The highest BCUT2D eigenvalue weighted by Gasteiger charge is 2.13. The zero-order chi connectivity index (χ0) is 13.0. The second-order valence-electron chi connectivity index (χ2n) is 4.26. The van der Waals surface area contributed by atoms with Crippen LogP contribution in [0.15, 0.2) is 0 Å². The minimum absolute atomic E-state index is 0.509. The maximum Gasteiger partial charge on any atom is 0.161 e. The van der Waals surface area contributed by atoms with E-state index in [0.29, 0.717) is 6.04 Å². The highest BCUT2D eigenvalue weighted by Crippen LogP contribution is 2.29. The van der Waals surface area contributed by atoms with Crippen LogP contribution in [0.3, 0.4) is 0 Å². The summed E-state index contributed by atoms with van der Waals surface area (Å²) in [6, 6.07) is 0.509. The fraction of sp³-hybridized carbons (Fsp3) is 0.636. The molecule has 18 heavy (non-hydrogen) atoms. The molecule has 0 bridgehead atoms. The fourth-order valence-corrected chi connectivity index (χ4v) is 3.18. The molecule has 2 aromatic heterocycles. The van der Waals surface area contributed by atoms with Crippen molar-refractivity contribution in [3.63, 3.8) is 0 Å². The molecular formula is C11H17N5S2. The molecule has 0 unspecified atom stereocenters. The Balaban J connectivity index is 2.02. The Morgan fingerprint density at radius 3 is 2.78 bits per heavy atom. The molecule has 1 N–H and O–H groups in total. The fourth-order valence-electron chi connectivity index (χ4n) is 1.52. The first kappa shape index (κ1) is 13.5. The average Bonchev–Trinajstić information content (AvgIpc) is 2.95. The zero-order valence-electron chi connectivity index (χ0n) is 10.8. The molecule has 2 rings (SSSR count). The smallest absolute Gasteiger partial charge is 0.161 e. The maximum atomic E-state index is 4.24. The minimum Gasteiger partial charge on any atom is -0.314 e. The Labute approximate surface area is 115 Å². The van der Waals surface area contributed by atoms with Crippen LogP contribution in [0.25, 0.3) is 9.88 Å². The molecule has 0 aliphatic heterocycles. The van der Waals surface area contributed by atoms with Crippen molar-refractivity contribution in [3.05, 3.63) is 10.7 Å². The molecule has 0 saturated heterocycles. The van der Waals surface area contributed by atoms with Gasteiger partial charge in [0.1, 0.15) is 9.88 Å². The van der Waals surface area contributed by atoms with Crippen LogP contribution in [0.2, 0.25) is 0 Å². The standard InChI is InChI=1S/C11H17N5S2/c1-4-8-10(18-16-13-8)11-15-14-9(17-11)5-6-12-7(2)3/h7,12H,4-6H2,1-3H3. The van der Waals surface area contributed by atoms with E-state index >= 15 is 0 Å². The molecular weight excluding hydrogens is 266 g/mol. The summed E-state index contributed by atoms with van der Waals surface area (Å²) in [5.41, 5.74) is 1.02. The average molecular weight is 283 g/mol. The molecule has 0 saturated carbocycles. The summed E-state index contributed by atoms with van der Waals surface area (Å²) in [5.74, 6) is 0. The minimum atomic E-state index is 0.509. The molecule has 0 radical (unpaired) electrons. The number of nitrogens with zero attached hydrogens (tertiary/aromatic N) is 4. The lowest BCUT2D eigenvalue weighted by molar-refractivity contribution is 0.588. The molecule has 0 fully saturated rings. The first-order valence-electron chi connectivity index (χ1n) is 6.08. The van der Waals surface area contributed by atoms with E-state index in [4.69, 9.17) is 0 Å². The third-order valence-electron chi connectivity index (χ3n) is 2.44. The van der Waals surface area contributed by atoms with Gasteiger partial charge in [-0.15, -0.1) is 15.3 Å². The van der Waals surface area contributed by atoms with Crippen LogP contribution in [0.5, 0.6) is 0 Å². The van der Waals surface area contributed by atoms with Crippen LogP contribution in [0.1, 0.15) is 31.5 Å². The molecule has 7 heteroatoms. The van der Waals surface area contributed by atoms with Crippen molar-refractivity contribution in [2.75, 3.05) is 6.54 Å². The summed E-state index contributed by atoms with van der Waals surface area (Å²) in [6.07, 6.45) is 1.80. The van der Waals surface area contributed by atoms with Crippen LogP contribution in [0.4, 0.5) is 0 Å². The Kier molecular flexibility index (Phi) is 4.73. The number of hydrogen-bond donors (Lipinski definition) is 1. The van der Waals surface area contributed by atoms with Gasteiger partial charge in [0.05, 0.1) is 5.69 Å². The Hall–Kier alpha value is -0.920. The molecule has 0 aliphatic carbocycles. The van der Waals surface area contributed by atoms with Crippen molar-refractivity contribution < 1.29 is 0 Å². The molecule has 0 aliphatic rings. The lowest BCUT2D eigenvalue weighted by Gasteiger charge is -2.04. The van der Waals surface area contributed by atoms with Crippen LogP contribution in [-0.4, -0.2) is 32.4 Å². The predicted octanol–water partition coefficient (Wildman–Crippen LogP) is 2.16. The number of nitrogens with one attached hydrogen (secondary N) is 1. The highest BCUT2D eigenvalue weighted by atomic mass is 32.1. The van der Waals surface area contributed by atoms with Gasteiger partial charge >= 0.3 is 0 Å². The van der Waals surface area contributed by atoms with Gasteiger partial charge in [0.2, 0.25) is 0 Å². The molecule has 5 nitrogen and oxygen atoms in total. The summed E-state index contributed by atoms with van der Waals surface area (Å²) in [6.45, 7) is 7.30. The van der Waals surface area contributed by atoms with Crippen LogP contribution < -0.4 is 5.32 Å². The van der Waals surface area contributed by atoms with Gasteiger partial charge in [-0.2, -0.15) is 0 Å². The molecule has 2 aromatic rings. The summed E-state index contributed by atoms with van der Waals surface area (Å²) in [7, 11) is 0. The molecule has 0 atom stereocenters. The largest absolute Gasteiger partial charge is 0.314 e. The van der Waals surface area contributed by atoms with Gasteiger partial charge in [-0.25, -0.2) is 0 Å². The van der Waals surface area contributed by atoms with Gasteiger partial charge in [0, 0.05) is 19.0 Å². The van der Waals surface area contributed by atoms with E-state index in [1.54, 1.807) is 11.3 Å². The normalized spacial score (nSPS) is 11.3. The first-order valence-corrected chi connectivity index (χ1v) is 7.67. The Morgan fingerprint density at radius 1 is 1.22 bits per heavy atom. The van der Waals surface area contributed by atoms with Crippen molar-refractivity contribution in [2.24, 2.45) is 0 Å². The highest BCUT2D eigenvalue weighted by molar-refractivity contribution is 7.19. The van der Waals surface area contributed by atoms with Gasteiger partial charge in [-0.3, -0.25) is 0 Å². The van der Waals surface area contributed by atoms with E-state index in [2.05, 4.69) is 45.9 Å². The second kappa shape index (κ2) is 6.31. The Bertz CT molecular complexity index is 491. The van der Waals surface area contributed by atoms with Crippen LogP contribution >= 0.6 is 22.9 Å². The lowest BCUT2D eigenvalue weighted by atomic mass is 10.3. The third kappa shape index (κ3) is 3.30. The molecule has 98 valence electrons. The van der Waals surface area contributed by atoms with Crippen molar-refractivity contribution in [1.29, 1.82) is 0 Å². The third-order valence-corrected chi connectivity index (χ3v) is 4.35. The lowest BCUT2D eigenvalue weighted by Crippen LogP contribution is -2.24. The van der Waals surface area contributed by atoms with Gasteiger partial charge < -0.3 is 5.32 Å². The van der Waals surface area contributed by atoms with Crippen molar-refractivity contribution in [2.45, 2.75) is 39.7 Å². The number of hydrogen-bond acceptors (Lipinski definition) is 7. The molecule has 0 amide bonds. The predicted molar refractivity (Wildman–Crippen MR) is 75.0 cm³/mol. The van der Waals surface area contributed by atoms with Gasteiger partial charge in [-0.1, -0.05) is 36.6 Å². The van der Waals surface area contributed by atoms with Crippen molar-refractivity contribution in [3.8, 4) is 9.88 Å². The van der Waals surface area contributed by atoms with E-state index in [1.165, 1.54) is 11.5 Å². The van der Waals surface area contributed by atoms with Crippen LogP contribution in [0, 0.1) is 0 Å². The molecule has 0 spiro atoms. The quantitative estimate of drug-likeness (QED) is 0.880. The van der Waals surface area contributed by atoms with Crippen molar-refractivity contribution >= 4 is 22.9 Å². The SMILES string of the molecule is CCc1nnsc1-c1nnc(CCNC(C)C)s1. The number of aromatic nitrogens is 4. The summed E-state index contributed by atoms with van der Waals surface area (Å²) in [4.78, 5) is 1.07. The first-order chi connectivity index (χ1) is 8.70. The van der Waals surface area contributed by atoms with Gasteiger partial charge in [-0.05, 0) is 18.0 Å². The second-order valence-corrected chi connectivity index (χ2v) is 6.08. The van der Waals surface area contributed by atoms with E-state index in [9.17, 15) is 0 Å². The summed E-state index contributed by atoms with van der Waals surface area (Å²) < 4.78 is 3.98. The van der Waals surface area contributed by atoms with E-state index in [0.717, 1.165) is 40.0 Å². The summed E-state index contributed by atoms with van der Waals surface area (Å²) >= 11 is 3.04. The van der Waals surface area contributed by atoms with Crippen LogP contribution in [-0.2, 0) is 12.8 Å². The molecule has 0 aromatic carbocycles. The topological polar surface area (TPSA) is 63.6 Å². The van der Waals surface area contributed by atoms with Crippen molar-refractivity contribution in [1.82, 2.24) is 25.1 Å². The van der Waals surface area contributed by atoms with E-state index in [1.807, 2.05) is 0 Å². The Morgan fingerprint density at radius 2 is 2.06 bits per heavy atom. The van der Waals surface area contributed by atoms with Gasteiger partial charge in [0.25, 0.3) is 0 Å². The maximum absolute atomic E-state index is 4.24. The number of rotatable bonds is 6. The zero-order valence-corrected chi connectivity index (χ0v) is 12.4. The number of aryl methyl sites for hydroxylation is 1.